The van der Waals surface area contributed by atoms with Crippen LogP contribution in [0.5, 0.6) is 0 Å². The Labute approximate surface area is 168 Å². The minimum atomic E-state index is -1.07. The smallest absolute Gasteiger partial charge is 0.305 e. The maximum atomic E-state index is 12.0. The Morgan fingerprint density at radius 2 is 1.30 bits per heavy atom. The maximum Gasteiger partial charge on any atom is 0.305 e. The molecule has 1 atom stereocenters. The molecule has 4 nitrogen and oxygen atoms in total. The minimum absolute atomic E-state index is 0.112. The molecule has 0 aliphatic heterocycles. The van der Waals surface area contributed by atoms with Crippen molar-refractivity contribution in [3.8, 4) is 0 Å². The zero-order valence-corrected chi connectivity index (χ0v) is 18.8. The van der Waals surface area contributed by atoms with Crippen LogP contribution in [0.4, 0.5) is 0 Å². The molecule has 0 fully saturated rings. The van der Waals surface area contributed by atoms with Crippen LogP contribution >= 0.6 is 0 Å². The first-order valence-corrected chi connectivity index (χ1v) is 11.4. The van der Waals surface area contributed by atoms with Gasteiger partial charge in [-0.15, -0.1) is 0 Å². The Balaban J connectivity index is 3.90. The van der Waals surface area contributed by atoms with Crippen molar-refractivity contribution in [1.82, 2.24) is 0 Å². The van der Waals surface area contributed by atoms with Gasteiger partial charge >= 0.3 is 5.97 Å². The zero-order valence-electron chi connectivity index (χ0n) is 18.8. The molecular weight excluding hydrogens is 340 g/mol. The molecule has 0 rings (SSSR count). The molecule has 0 aromatic carbocycles. The lowest BCUT2D eigenvalue weighted by molar-refractivity contribution is -0.225. The van der Waals surface area contributed by atoms with Crippen molar-refractivity contribution in [1.29, 1.82) is 0 Å². The van der Waals surface area contributed by atoms with Crippen LogP contribution in [0.2, 0.25) is 0 Å². The third kappa shape index (κ3) is 13.2. The van der Waals surface area contributed by atoms with E-state index in [1.165, 1.54) is 44.9 Å². The average molecular weight is 387 g/mol. The van der Waals surface area contributed by atoms with E-state index in [9.17, 15) is 9.90 Å². The normalized spacial score (nSPS) is 14.1. The molecule has 4 heteroatoms. The standard InChI is InChI=1S/C23H46O4/c1-6-10-11-12-13-14-15-16-17-18-21(24)26-19-22(5,7-2)20-27-23(25,8-3)9-4/h25H,6-20H2,1-5H3. The second-order valence-corrected chi connectivity index (χ2v) is 8.35. The molecule has 0 saturated heterocycles. The van der Waals surface area contributed by atoms with Crippen LogP contribution in [0.1, 0.15) is 118 Å². The van der Waals surface area contributed by atoms with E-state index in [2.05, 4.69) is 13.8 Å². The number of hydrogen-bond donors (Lipinski definition) is 1. The lowest BCUT2D eigenvalue weighted by Gasteiger charge is -2.33. The first-order chi connectivity index (χ1) is 12.8. The summed E-state index contributed by atoms with van der Waals surface area (Å²) in [4.78, 5) is 12.0. The maximum absolute atomic E-state index is 12.0. The van der Waals surface area contributed by atoms with Gasteiger partial charge in [0.2, 0.25) is 0 Å². The summed E-state index contributed by atoms with van der Waals surface area (Å²) in [7, 11) is 0. The van der Waals surface area contributed by atoms with Gasteiger partial charge < -0.3 is 14.6 Å². The summed E-state index contributed by atoms with van der Waals surface area (Å²) in [6.07, 6.45) is 13.6. The predicted octanol–water partition coefficient (Wildman–Crippen LogP) is 6.39. The lowest BCUT2D eigenvalue weighted by atomic mass is 9.89. The van der Waals surface area contributed by atoms with Gasteiger partial charge in [0, 0.05) is 11.8 Å². The molecule has 1 N–H and O–H groups in total. The van der Waals surface area contributed by atoms with Gasteiger partial charge in [-0.1, -0.05) is 86.0 Å². The second-order valence-electron chi connectivity index (χ2n) is 8.35. The Hall–Kier alpha value is -0.610. The number of ether oxygens (including phenoxy) is 2. The van der Waals surface area contributed by atoms with E-state index in [0.29, 0.717) is 32.5 Å². The summed E-state index contributed by atoms with van der Waals surface area (Å²) in [6.45, 7) is 10.9. The molecule has 0 aliphatic rings. The van der Waals surface area contributed by atoms with E-state index in [1.807, 2.05) is 20.8 Å². The highest BCUT2D eigenvalue weighted by Crippen LogP contribution is 2.27. The Morgan fingerprint density at radius 1 is 0.778 bits per heavy atom. The van der Waals surface area contributed by atoms with Crippen LogP contribution in [-0.4, -0.2) is 30.1 Å². The molecule has 0 radical (unpaired) electrons. The fraction of sp³-hybridized carbons (Fsp3) is 0.957. The summed E-state index contributed by atoms with van der Waals surface area (Å²) >= 11 is 0. The van der Waals surface area contributed by atoms with Gasteiger partial charge in [-0.2, -0.15) is 0 Å². The van der Waals surface area contributed by atoms with E-state index in [4.69, 9.17) is 9.47 Å². The number of carbonyl (C=O) groups is 1. The highest BCUT2D eigenvalue weighted by atomic mass is 16.6. The van der Waals surface area contributed by atoms with Crippen LogP contribution in [0.25, 0.3) is 0 Å². The summed E-state index contributed by atoms with van der Waals surface area (Å²) in [5, 5.41) is 10.3. The van der Waals surface area contributed by atoms with Gasteiger partial charge in [0.05, 0.1) is 13.2 Å². The van der Waals surface area contributed by atoms with Gasteiger partial charge in [-0.05, 0) is 25.7 Å². The summed E-state index contributed by atoms with van der Waals surface area (Å²) in [5.41, 5.74) is -0.257. The van der Waals surface area contributed by atoms with Gasteiger partial charge in [-0.25, -0.2) is 0 Å². The molecule has 0 spiro atoms. The largest absolute Gasteiger partial charge is 0.465 e. The fourth-order valence-corrected chi connectivity index (χ4v) is 2.92. The van der Waals surface area contributed by atoms with Crippen LogP contribution in [-0.2, 0) is 14.3 Å². The topological polar surface area (TPSA) is 55.8 Å². The van der Waals surface area contributed by atoms with E-state index in [1.54, 1.807) is 0 Å². The van der Waals surface area contributed by atoms with Crippen molar-refractivity contribution in [3.05, 3.63) is 0 Å². The average Bonchev–Trinajstić information content (AvgIpc) is 2.69. The Morgan fingerprint density at radius 3 is 1.78 bits per heavy atom. The predicted molar refractivity (Wildman–Crippen MR) is 113 cm³/mol. The van der Waals surface area contributed by atoms with E-state index >= 15 is 0 Å². The van der Waals surface area contributed by atoms with Crippen LogP contribution < -0.4 is 0 Å². The third-order valence-electron chi connectivity index (χ3n) is 5.71. The minimum Gasteiger partial charge on any atom is -0.465 e. The molecule has 0 heterocycles. The molecule has 0 saturated carbocycles. The van der Waals surface area contributed by atoms with Crippen molar-refractivity contribution in [3.63, 3.8) is 0 Å². The van der Waals surface area contributed by atoms with Crippen LogP contribution in [0, 0.1) is 5.41 Å². The van der Waals surface area contributed by atoms with Crippen LogP contribution in [0.3, 0.4) is 0 Å². The molecule has 0 bridgehead atoms. The van der Waals surface area contributed by atoms with Gasteiger partial charge in [0.15, 0.2) is 5.79 Å². The van der Waals surface area contributed by atoms with Crippen molar-refractivity contribution < 1.29 is 19.4 Å². The molecule has 0 amide bonds. The lowest BCUT2D eigenvalue weighted by Crippen LogP contribution is -2.38. The third-order valence-corrected chi connectivity index (χ3v) is 5.71. The molecule has 162 valence electrons. The van der Waals surface area contributed by atoms with Crippen molar-refractivity contribution >= 4 is 5.97 Å². The van der Waals surface area contributed by atoms with Crippen molar-refractivity contribution in [2.24, 2.45) is 5.41 Å². The number of hydrogen-bond acceptors (Lipinski definition) is 4. The number of rotatable bonds is 18. The quantitative estimate of drug-likeness (QED) is 0.168. The molecule has 1 unspecified atom stereocenters. The van der Waals surface area contributed by atoms with Crippen molar-refractivity contribution in [2.75, 3.05) is 13.2 Å². The van der Waals surface area contributed by atoms with Gasteiger partial charge in [-0.3, -0.25) is 4.79 Å². The van der Waals surface area contributed by atoms with E-state index in [0.717, 1.165) is 19.3 Å². The molecule has 0 aromatic rings. The molecule has 0 aliphatic carbocycles. The van der Waals surface area contributed by atoms with Gasteiger partial charge in [0.25, 0.3) is 0 Å². The summed E-state index contributed by atoms with van der Waals surface area (Å²) in [6, 6.07) is 0. The van der Waals surface area contributed by atoms with Crippen LogP contribution in [0.15, 0.2) is 0 Å². The summed E-state index contributed by atoms with van der Waals surface area (Å²) < 4.78 is 11.2. The first-order valence-electron chi connectivity index (χ1n) is 11.4. The number of esters is 1. The molecule has 0 aromatic heterocycles. The van der Waals surface area contributed by atoms with E-state index < -0.39 is 5.79 Å². The number of carbonyl (C=O) groups excluding carboxylic acids is 1. The Kier molecular flexibility index (Phi) is 15.0. The zero-order chi connectivity index (χ0) is 20.6. The fourth-order valence-electron chi connectivity index (χ4n) is 2.92. The first kappa shape index (κ1) is 26.4. The number of aliphatic hydroxyl groups is 1. The number of unbranched alkanes of at least 4 members (excludes halogenated alkanes) is 8. The SMILES string of the molecule is CCCCCCCCCCCC(=O)OCC(C)(CC)COC(O)(CC)CC. The molecule has 27 heavy (non-hydrogen) atoms. The van der Waals surface area contributed by atoms with Crippen molar-refractivity contribution in [2.45, 2.75) is 124 Å². The second kappa shape index (κ2) is 15.3. The monoisotopic (exact) mass is 386 g/mol. The Bertz CT molecular complexity index is 365. The highest BCUT2D eigenvalue weighted by Gasteiger charge is 2.30. The van der Waals surface area contributed by atoms with Gasteiger partial charge in [0.1, 0.15) is 0 Å². The summed E-state index contributed by atoms with van der Waals surface area (Å²) in [5.74, 6) is -1.18. The highest BCUT2D eigenvalue weighted by molar-refractivity contribution is 5.69. The molecular formula is C23H46O4. The van der Waals surface area contributed by atoms with E-state index in [-0.39, 0.29) is 11.4 Å².